The van der Waals surface area contributed by atoms with Crippen molar-refractivity contribution < 1.29 is 0 Å². The minimum absolute atomic E-state index is 0.290. The lowest BCUT2D eigenvalue weighted by Gasteiger charge is -2.22. The maximum absolute atomic E-state index is 4.38. The molecule has 1 unspecified atom stereocenters. The third-order valence-electron chi connectivity index (χ3n) is 5.89. The van der Waals surface area contributed by atoms with E-state index >= 15 is 0 Å². The molecule has 1 aromatic heterocycles. The van der Waals surface area contributed by atoms with E-state index in [1.54, 1.807) is 0 Å². The molecule has 0 N–H and O–H groups in total. The third kappa shape index (κ3) is 3.33. The number of benzene rings is 2. The molecule has 28 heavy (non-hydrogen) atoms. The normalized spacial score (nSPS) is 14.9. The molecule has 3 aromatic rings. The van der Waals surface area contributed by atoms with Gasteiger partial charge in [-0.25, -0.2) is 0 Å². The first-order valence-electron chi connectivity index (χ1n) is 10.0. The Morgan fingerprint density at radius 3 is 2.39 bits per heavy atom. The predicted octanol–water partition coefficient (Wildman–Crippen LogP) is 7.05. The molecule has 1 atom stereocenters. The van der Waals surface area contributed by atoms with E-state index < -0.39 is 0 Å². The molecule has 1 nitrogen and oxygen atoms in total. The van der Waals surface area contributed by atoms with Gasteiger partial charge in [-0.05, 0) is 77.8 Å². The van der Waals surface area contributed by atoms with Crippen LogP contribution in [0.5, 0.6) is 0 Å². The Hall–Kier alpha value is -2.93. The van der Waals surface area contributed by atoms with Crippen LogP contribution >= 0.6 is 0 Å². The molecule has 140 valence electrons. The van der Waals surface area contributed by atoms with E-state index in [2.05, 4.69) is 87.3 Å². The van der Waals surface area contributed by atoms with Crippen LogP contribution in [0, 0.1) is 20.8 Å². The molecule has 1 aliphatic rings. The second-order valence-electron chi connectivity index (χ2n) is 7.86. The van der Waals surface area contributed by atoms with Crippen molar-refractivity contribution in [2.75, 3.05) is 0 Å². The standard InChI is InChI=1S/C27H27N/c1-18-11-12-24(20(3)16-18)26-14-13-25(23-10-6-5-8-19(23)2)27(26)21(4)22-9-7-15-28-17-22/h5-12,14-17,21H,13H2,1-4H3. The summed E-state index contributed by atoms with van der Waals surface area (Å²) in [5.74, 6) is 0.290. The van der Waals surface area contributed by atoms with Crippen molar-refractivity contribution >= 4 is 11.1 Å². The second-order valence-corrected chi connectivity index (χ2v) is 7.86. The molecular weight excluding hydrogens is 338 g/mol. The van der Waals surface area contributed by atoms with Crippen molar-refractivity contribution in [2.24, 2.45) is 0 Å². The number of hydrogen-bond donors (Lipinski definition) is 0. The summed E-state index contributed by atoms with van der Waals surface area (Å²) in [6, 6.07) is 19.8. The Morgan fingerprint density at radius 2 is 1.68 bits per heavy atom. The fourth-order valence-electron chi connectivity index (χ4n) is 4.42. The molecule has 1 aliphatic carbocycles. The number of hydrogen-bond acceptors (Lipinski definition) is 1. The lowest BCUT2D eigenvalue weighted by Crippen LogP contribution is -2.03. The average Bonchev–Trinajstić information content (AvgIpc) is 3.13. The summed E-state index contributed by atoms with van der Waals surface area (Å²) in [5, 5.41) is 0. The van der Waals surface area contributed by atoms with Crippen LogP contribution in [0.2, 0.25) is 0 Å². The van der Waals surface area contributed by atoms with Crippen LogP contribution in [0.1, 0.15) is 52.6 Å². The first kappa shape index (κ1) is 18.4. The van der Waals surface area contributed by atoms with E-state index in [1.807, 2.05) is 18.5 Å². The molecule has 4 rings (SSSR count). The number of pyridine rings is 1. The topological polar surface area (TPSA) is 12.9 Å². The number of nitrogens with zero attached hydrogens (tertiary/aromatic N) is 1. The van der Waals surface area contributed by atoms with Crippen LogP contribution in [-0.2, 0) is 0 Å². The molecule has 0 aliphatic heterocycles. The molecule has 0 bridgehead atoms. The van der Waals surface area contributed by atoms with Crippen molar-refractivity contribution in [3.63, 3.8) is 0 Å². The van der Waals surface area contributed by atoms with Gasteiger partial charge in [0.25, 0.3) is 0 Å². The first-order valence-corrected chi connectivity index (χ1v) is 10.0. The quantitative estimate of drug-likeness (QED) is 0.482. The minimum atomic E-state index is 0.290. The van der Waals surface area contributed by atoms with Gasteiger partial charge >= 0.3 is 0 Å². The van der Waals surface area contributed by atoms with Gasteiger partial charge in [0.2, 0.25) is 0 Å². The molecule has 0 radical (unpaired) electrons. The highest BCUT2D eigenvalue weighted by Gasteiger charge is 2.27. The Balaban J connectivity index is 1.91. The summed E-state index contributed by atoms with van der Waals surface area (Å²) < 4.78 is 0. The van der Waals surface area contributed by atoms with Crippen molar-refractivity contribution in [3.05, 3.63) is 112 Å². The Morgan fingerprint density at radius 1 is 0.857 bits per heavy atom. The van der Waals surface area contributed by atoms with Crippen molar-refractivity contribution in [3.8, 4) is 0 Å². The van der Waals surface area contributed by atoms with Crippen LogP contribution in [0.25, 0.3) is 11.1 Å². The van der Waals surface area contributed by atoms with E-state index in [0.29, 0.717) is 0 Å². The Bertz CT molecular complexity index is 1070. The van der Waals surface area contributed by atoms with Gasteiger partial charge in [-0.3, -0.25) is 4.98 Å². The Kier molecular flexibility index (Phi) is 5.00. The lowest BCUT2D eigenvalue weighted by molar-refractivity contribution is 0.919. The molecule has 1 heteroatoms. The number of aromatic nitrogens is 1. The fourth-order valence-corrected chi connectivity index (χ4v) is 4.42. The second kappa shape index (κ2) is 7.59. The zero-order valence-electron chi connectivity index (χ0n) is 17.2. The van der Waals surface area contributed by atoms with Gasteiger partial charge in [0.1, 0.15) is 0 Å². The smallest absolute Gasteiger partial charge is 0.0305 e. The third-order valence-corrected chi connectivity index (χ3v) is 5.89. The van der Waals surface area contributed by atoms with Crippen LogP contribution < -0.4 is 0 Å². The number of allylic oxidation sites excluding steroid dienone is 4. The van der Waals surface area contributed by atoms with E-state index in [4.69, 9.17) is 0 Å². The summed E-state index contributed by atoms with van der Waals surface area (Å²) >= 11 is 0. The highest BCUT2D eigenvalue weighted by atomic mass is 14.6. The summed E-state index contributed by atoms with van der Waals surface area (Å²) in [4.78, 5) is 4.38. The maximum Gasteiger partial charge on any atom is 0.0305 e. The summed E-state index contributed by atoms with van der Waals surface area (Å²) in [6.45, 7) is 8.91. The van der Waals surface area contributed by atoms with Gasteiger partial charge in [0, 0.05) is 18.3 Å². The van der Waals surface area contributed by atoms with Crippen LogP contribution in [0.3, 0.4) is 0 Å². The zero-order valence-corrected chi connectivity index (χ0v) is 17.2. The van der Waals surface area contributed by atoms with Gasteiger partial charge in [0.15, 0.2) is 0 Å². The van der Waals surface area contributed by atoms with Gasteiger partial charge in [0.05, 0.1) is 0 Å². The number of aryl methyl sites for hydroxylation is 3. The maximum atomic E-state index is 4.38. The molecule has 0 fully saturated rings. The SMILES string of the molecule is Cc1ccc(C2=CCC(c3ccccc3C)=C2C(C)c2cccnc2)c(C)c1. The molecule has 0 saturated heterocycles. The van der Waals surface area contributed by atoms with Gasteiger partial charge in [-0.15, -0.1) is 0 Å². The molecule has 0 saturated carbocycles. The molecule has 0 amide bonds. The van der Waals surface area contributed by atoms with Crippen molar-refractivity contribution in [1.29, 1.82) is 0 Å². The molecule has 1 heterocycles. The minimum Gasteiger partial charge on any atom is -0.264 e. The van der Waals surface area contributed by atoms with E-state index in [-0.39, 0.29) is 5.92 Å². The first-order chi connectivity index (χ1) is 13.6. The summed E-state index contributed by atoms with van der Waals surface area (Å²) in [6.07, 6.45) is 7.25. The predicted molar refractivity (Wildman–Crippen MR) is 119 cm³/mol. The van der Waals surface area contributed by atoms with Gasteiger partial charge in [-0.2, -0.15) is 0 Å². The monoisotopic (exact) mass is 365 g/mol. The summed E-state index contributed by atoms with van der Waals surface area (Å²) in [5.41, 5.74) is 12.2. The average molecular weight is 366 g/mol. The van der Waals surface area contributed by atoms with E-state index in [9.17, 15) is 0 Å². The largest absolute Gasteiger partial charge is 0.264 e. The molecular formula is C27H27N. The fraction of sp³-hybridized carbons (Fsp3) is 0.222. The zero-order chi connectivity index (χ0) is 19.7. The van der Waals surface area contributed by atoms with E-state index in [0.717, 1.165) is 6.42 Å². The number of rotatable bonds is 4. The van der Waals surface area contributed by atoms with Crippen molar-refractivity contribution in [1.82, 2.24) is 4.98 Å². The highest BCUT2D eigenvalue weighted by Crippen LogP contribution is 2.46. The highest BCUT2D eigenvalue weighted by molar-refractivity contribution is 5.96. The van der Waals surface area contributed by atoms with Crippen LogP contribution in [0.4, 0.5) is 0 Å². The van der Waals surface area contributed by atoms with Gasteiger partial charge < -0.3 is 0 Å². The lowest BCUT2D eigenvalue weighted by atomic mass is 9.82. The molecule has 0 spiro atoms. The van der Waals surface area contributed by atoms with Crippen LogP contribution in [0.15, 0.2) is 78.6 Å². The van der Waals surface area contributed by atoms with Crippen LogP contribution in [-0.4, -0.2) is 4.98 Å². The van der Waals surface area contributed by atoms with Crippen molar-refractivity contribution in [2.45, 2.75) is 40.0 Å². The molecule has 2 aromatic carbocycles. The van der Waals surface area contributed by atoms with E-state index in [1.165, 1.54) is 50.1 Å². The van der Waals surface area contributed by atoms with Gasteiger partial charge in [-0.1, -0.05) is 67.1 Å². The Labute approximate surface area is 168 Å². The summed E-state index contributed by atoms with van der Waals surface area (Å²) in [7, 11) is 0.